The quantitative estimate of drug-likeness (QED) is 0.627. The van der Waals surface area contributed by atoms with Gasteiger partial charge in [-0.2, -0.15) is 0 Å². The fourth-order valence-corrected chi connectivity index (χ4v) is 5.04. The molecule has 1 aromatic carbocycles. The van der Waals surface area contributed by atoms with Crippen molar-refractivity contribution >= 4 is 23.4 Å². The van der Waals surface area contributed by atoms with Crippen molar-refractivity contribution in [3.05, 3.63) is 42.0 Å². The smallest absolute Gasteiger partial charge is 0.238 e. The average Bonchev–Trinajstić information content (AvgIpc) is 3.35. The Kier molecular flexibility index (Phi) is 3.14. The lowest BCUT2D eigenvalue weighted by molar-refractivity contribution is -0.128. The number of carbonyl (C=O) groups excluding carboxylic acids is 3. The van der Waals surface area contributed by atoms with Gasteiger partial charge in [-0.15, -0.1) is 0 Å². The summed E-state index contributed by atoms with van der Waals surface area (Å²) in [5.41, 5.74) is 1.61. The van der Waals surface area contributed by atoms with Crippen LogP contribution in [0.2, 0.25) is 0 Å². The van der Waals surface area contributed by atoms with E-state index in [1.807, 2.05) is 29.2 Å². The van der Waals surface area contributed by atoms with Crippen molar-refractivity contribution in [1.29, 1.82) is 0 Å². The number of fused-ring (bicyclic) bond motifs is 5. The average molecular weight is 336 g/mol. The van der Waals surface area contributed by atoms with Crippen LogP contribution in [0.3, 0.4) is 0 Å². The first-order valence-electron chi connectivity index (χ1n) is 9.06. The summed E-state index contributed by atoms with van der Waals surface area (Å²) in [6, 6.07) is 7.53. The number of allylic oxidation sites excluding steroid dienone is 2. The molecule has 1 saturated carbocycles. The van der Waals surface area contributed by atoms with Gasteiger partial charge in [0.1, 0.15) is 0 Å². The van der Waals surface area contributed by atoms with Crippen molar-refractivity contribution in [3.63, 3.8) is 0 Å². The van der Waals surface area contributed by atoms with Crippen LogP contribution in [0.5, 0.6) is 0 Å². The predicted molar refractivity (Wildman–Crippen MR) is 91.3 cm³/mol. The maximum Gasteiger partial charge on any atom is 0.238 e. The third-order valence-electron chi connectivity index (χ3n) is 6.18. The van der Waals surface area contributed by atoms with E-state index in [4.69, 9.17) is 0 Å². The molecule has 0 unspecified atom stereocenters. The van der Waals surface area contributed by atoms with E-state index in [1.165, 1.54) is 4.90 Å². The van der Waals surface area contributed by atoms with E-state index >= 15 is 0 Å². The van der Waals surface area contributed by atoms with Crippen LogP contribution < -0.4 is 4.90 Å². The Labute approximate surface area is 146 Å². The number of likely N-dealkylation sites (tertiary alicyclic amines) is 1. The number of carbonyl (C=O) groups is 3. The number of nitrogens with zero attached hydrogens (tertiary/aromatic N) is 2. The van der Waals surface area contributed by atoms with Crippen molar-refractivity contribution in [3.8, 4) is 0 Å². The van der Waals surface area contributed by atoms with Crippen molar-refractivity contribution in [1.82, 2.24) is 4.90 Å². The molecule has 2 bridgehead atoms. The fourth-order valence-electron chi connectivity index (χ4n) is 5.04. The highest BCUT2D eigenvalue weighted by Gasteiger charge is 2.59. The summed E-state index contributed by atoms with van der Waals surface area (Å²) in [7, 11) is 0. The third-order valence-corrected chi connectivity index (χ3v) is 6.18. The van der Waals surface area contributed by atoms with Crippen LogP contribution in [0.15, 0.2) is 36.4 Å². The van der Waals surface area contributed by atoms with E-state index in [0.717, 1.165) is 24.9 Å². The fraction of sp³-hybridized carbons (Fsp3) is 0.450. The molecule has 2 aliphatic carbocycles. The lowest BCUT2D eigenvalue weighted by Gasteiger charge is -2.20. The first-order chi connectivity index (χ1) is 12.1. The maximum absolute atomic E-state index is 12.9. The molecule has 1 aromatic rings. The van der Waals surface area contributed by atoms with Gasteiger partial charge in [-0.3, -0.25) is 19.3 Å². The van der Waals surface area contributed by atoms with Gasteiger partial charge in [-0.25, -0.2) is 0 Å². The zero-order valence-electron chi connectivity index (χ0n) is 13.9. The summed E-state index contributed by atoms with van der Waals surface area (Å²) in [6.45, 7) is 1.33. The predicted octanol–water partition coefficient (Wildman–Crippen LogP) is 2.12. The molecule has 0 radical (unpaired) electrons. The molecular formula is C20H20N2O3. The topological polar surface area (TPSA) is 57.7 Å². The highest BCUT2D eigenvalue weighted by Crippen LogP contribution is 2.53. The minimum absolute atomic E-state index is 0.0544. The van der Waals surface area contributed by atoms with E-state index in [9.17, 15) is 14.4 Å². The molecule has 3 fully saturated rings. The van der Waals surface area contributed by atoms with Gasteiger partial charge >= 0.3 is 0 Å². The molecule has 0 N–H and O–H groups in total. The summed E-state index contributed by atoms with van der Waals surface area (Å²) in [6.07, 6.45) is 6.67. The monoisotopic (exact) mass is 336 g/mol. The Morgan fingerprint density at radius 3 is 2.36 bits per heavy atom. The van der Waals surface area contributed by atoms with Gasteiger partial charge in [-0.05, 0) is 42.4 Å². The molecule has 0 spiro atoms. The molecule has 0 aromatic heterocycles. The van der Waals surface area contributed by atoms with Crippen LogP contribution >= 0.6 is 0 Å². The van der Waals surface area contributed by atoms with E-state index in [0.29, 0.717) is 18.7 Å². The van der Waals surface area contributed by atoms with Crippen LogP contribution in [0.1, 0.15) is 24.8 Å². The van der Waals surface area contributed by atoms with Crippen molar-refractivity contribution in [2.24, 2.45) is 23.7 Å². The molecule has 5 nitrogen and oxygen atoms in total. The molecule has 2 saturated heterocycles. The van der Waals surface area contributed by atoms with E-state index in [1.54, 1.807) is 0 Å². The first kappa shape index (κ1) is 14.9. The second-order valence-electron chi connectivity index (χ2n) is 7.60. The van der Waals surface area contributed by atoms with Crippen molar-refractivity contribution < 1.29 is 14.4 Å². The number of rotatable bonds is 3. The Balaban J connectivity index is 1.42. The summed E-state index contributed by atoms with van der Waals surface area (Å²) in [5, 5.41) is 0. The van der Waals surface area contributed by atoms with Crippen LogP contribution in [0.4, 0.5) is 5.69 Å². The first-order valence-corrected chi connectivity index (χ1v) is 9.06. The SMILES string of the molecule is O=C1CCCN1Cc1cccc(N2C(=O)[C@@H]3[C@@H](C2=O)[C@H]2C=C[C@H]3C2)c1. The van der Waals surface area contributed by atoms with Gasteiger partial charge in [0.2, 0.25) is 17.7 Å². The minimum atomic E-state index is -0.175. The molecule has 3 amide bonds. The largest absolute Gasteiger partial charge is 0.338 e. The number of anilines is 1. The Bertz CT molecular complexity index is 785. The van der Waals surface area contributed by atoms with Gasteiger partial charge in [0.25, 0.3) is 0 Å². The van der Waals surface area contributed by atoms with Crippen LogP contribution in [-0.4, -0.2) is 29.2 Å². The second kappa shape index (κ2) is 5.28. The number of hydrogen-bond acceptors (Lipinski definition) is 3. The molecule has 2 heterocycles. The van der Waals surface area contributed by atoms with E-state index < -0.39 is 0 Å². The van der Waals surface area contributed by atoms with Gasteiger partial charge in [0, 0.05) is 19.5 Å². The lowest BCUT2D eigenvalue weighted by atomic mass is 9.85. The number of amides is 3. The minimum Gasteiger partial charge on any atom is -0.338 e. The molecule has 128 valence electrons. The normalized spacial score (nSPS) is 33.0. The Morgan fingerprint density at radius 1 is 1.00 bits per heavy atom. The van der Waals surface area contributed by atoms with E-state index in [-0.39, 0.29) is 41.4 Å². The molecule has 2 aliphatic heterocycles. The van der Waals surface area contributed by atoms with E-state index in [2.05, 4.69) is 12.2 Å². The Morgan fingerprint density at radius 2 is 1.72 bits per heavy atom. The highest BCUT2D eigenvalue weighted by molar-refractivity contribution is 6.22. The maximum atomic E-state index is 12.9. The number of benzene rings is 1. The van der Waals surface area contributed by atoms with Gasteiger partial charge < -0.3 is 4.90 Å². The third kappa shape index (κ3) is 2.11. The molecule has 5 heteroatoms. The van der Waals surface area contributed by atoms with Crippen LogP contribution in [0.25, 0.3) is 0 Å². The Hall–Kier alpha value is -2.43. The highest BCUT2D eigenvalue weighted by atomic mass is 16.2. The lowest BCUT2D eigenvalue weighted by Crippen LogP contribution is -2.33. The molecule has 5 rings (SSSR count). The van der Waals surface area contributed by atoms with Gasteiger partial charge in [0.15, 0.2) is 0 Å². The van der Waals surface area contributed by atoms with Crippen LogP contribution in [-0.2, 0) is 20.9 Å². The standard InChI is InChI=1S/C20H20N2O3/c23-16-5-2-8-21(16)11-12-3-1-4-15(9-12)22-19(24)17-13-6-7-14(10-13)18(17)20(22)25/h1,3-4,6-7,9,13-14,17-18H,2,5,8,10-11H2/t13-,14-,17-,18-/m0/s1. The zero-order valence-corrected chi connectivity index (χ0v) is 13.9. The summed E-state index contributed by atoms with van der Waals surface area (Å²) >= 11 is 0. The van der Waals surface area contributed by atoms with Gasteiger partial charge in [-0.1, -0.05) is 24.3 Å². The molecule has 25 heavy (non-hydrogen) atoms. The summed E-state index contributed by atoms with van der Waals surface area (Å²) in [4.78, 5) is 40.9. The summed E-state index contributed by atoms with van der Waals surface area (Å²) in [5.74, 6) is 0.166. The molecule has 4 aliphatic rings. The second-order valence-corrected chi connectivity index (χ2v) is 7.60. The van der Waals surface area contributed by atoms with Gasteiger partial charge in [0.05, 0.1) is 17.5 Å². The van der Waals surface area contributed by atoms with Crippen LogP contribution in [0, 0.1) is 23.7 Å². The summed E-state index contributed by atoms with van der Waals surface area (Å²) < 4.78 is 0. The molecule has 4 atom stereocenters. The van der Waals surface area contributed by atoms with Crippen molar-refractivity contribution in [2.75, 3.05) is 11.4 Å². The number of imide groups is 1. The molecular weight excluding hydrogens is 316 g/mol. The number of hydrogen-bond donors (Lipinski definition) is 0. The zero-order chi connectivity index (χ0) is 17.1. The van der Waals surface area contributed by atoms with Crippen molar-refractivity contribution in [2.45, 2.75) is 25.8 Å².